The Kier molecular flexibility index (Phi) is 5.43. The molecule has 0 unspecified atom stereocenters. The van der Waals surface area contributed by atoms with Crippen molar-refractivity contribution in [2.45, 2.75) is 51.0 Å². The Labute approximate surface area is 137 Å². The van der Waals surface area contributed by atoms with Gasteiger partial charge in [-0.2, -0.15) is 0 Å². The Bertz CT molecular complexity index is 510. The third kappa shape index (κ3) is 4.41. The number of carbonyl (C=O) groups is 1. The van der Waals surface area contributed by atoms with Crippen molar-refractivity contribution >= 4 is 11.9 Å². The van der Waals surface area contributed by atoms with Crippen LogP contribution in [0.2, 0.25) is 0 Å². The number of carbonyl (C=O) groups excluding carboxylic acids is 1. The molecule has 1 saturated carbocycles. The molecule has 3 rings (SSSR count). The van der Waals surface area contributed by atoms with Gasteiger partial charge in [-0.3, -0.25) is 4.79 Å². The molecular weight excluding hydrogens is 292 g/mol. The molecule has 2 N–H and O–H groups in total. The zero-order valence-electron chi connectivity index (χ0n) is 13.8. The molecule has 2 heterocycles. The molecule has 0 bridgehead atoms. The van der Waals surface area contributed by atoms with E-state index in [1.54, 1.807) is 12.4 Å². The molecule has 23 heavy (non-hydrogen) atoms. The van der Waals surface area contributed by atoms with E-state index in [4.69, 9.17) is 4.74 Å². The lowest BCUT2D eigenvalue weighted by Crippen LogP contribution is -2.49. The van der Waals surface area contributed by atoms with Gasteiger partial charge < -0.3 is 15.4 Å². The Morgan fingerprint density at radius 2 is 1.96 bits per heavy atom. The summed E-state index contributed by atoms with van der Waals surface area (Å²) in [6.45, 7) is 4.04. The first-order valence-electron chi connectivity index (χ1n) is 8.66. The minimum absolute atomic E-state index is 0.00446. The van der Waals surface area contributed by atoms with Crippen LogP contribution in [0.1, 0.15) is 50.5 Å². The molecule has 0 radical (unpaired) electrons. The van der Waals surface area contributed by atoms with Gasteiger partial charge in [0.15, 0.2) is 0 Å². The molecule has 6 heteroatoms. The SMILES string of the molecule is C[C@H](C(=O)NC1COC1)c1cnc(NCC2CCCCC2)nc1. The maximum Gasteiger partial charge on any atom is 0.227 e. The van der Waals surface area contributed by atoms with Gasteiger partial charge in [-0.25, -0.2) is 9.97 Å². The van der Waals surface area contributed by atoms with Crippen molar-refractivity contribution in [3.8, 4) is 0 Å². The van der Waals surface area contributed by atoms with Crippen LogP contribution in [0.4, 0.5) is 5.95 Å². The summed E-state index contributed by atoms with van der Waals surface area (Å²) in [7, 11) is 0. The Morgan fingerprint density at radius 3 is 2.57 bits per heavy atom. The number of hydrogen-bond acceptors (Lipinski definition) is 5. The lowest BCUT2D eigenvalue weighted by atomic mass is 9.89. The van der Waals surface area contributed by atoms with Crippen LogP contribution in [-0.4, -0.2) is 41.7 Å². The second kappa shape index (κ2) is 7.73. The number of anilines is 1. The number of aromatic nitrogens is 2. The molecule has 1 aliphatic heterocycles. The number of amides is 1. The van der Waals surface area contributed by atoms with Gasteiger partial charge in [0.25, 0.3) is 0 Å². The highest BCUT2D eigenvalue weighted by molar-refractivity contribution is 5.83. The van der Waals surface area contributed by atoms with Crippen molar-refractivity contribution < 1.29 is 9.53 Å². The van der Waals surface area contributed by atoms with Gasteiger partial charge in [-0.1, -0.05) is 19.3 Å². The van der Waals surface area contributed by atoms with Gasteiger partial charge >= 0.3 is 0 Å². The molecule has 0 aromatic carbocycles. The zero-order valence-corrected chi connectivity index (χ0v) is 13.8. The maximum absolute atomic E-state index is 12.1. The number of hydrogen-bond donors (Lipinski definition) is 2. The minimum atomic E-state index is -0.247. The third-order valence-corrected chi connectivity index (χ3v) is 4.82. The quantitative estimate of drug-likeness (QED) is 0.840. The van der Waals surface area contributed by atoms with Crippen LogP contribution in [0.5, 0.6) is 0 Å². The Morgan fingerprint density at radius 1 is 1.26 bits per heavy atom. The van der Waals surface area contributed by atoms with E-state index in [9.17, 15) is 4.79 Å². The van der Waals surface area contributed by atoms with Crippen LogP contribution in [0.3, 0.4) is 0 Å². The fourth-order valence-corrected chi connectivity index (χ4v) is 3.08. The van der Waals surface area contributed by atoms with Crippen LogP contribution >= 0.6 is 0 Å². The third-order valence-electron chi connectivity index (χ3n) is 4.82. The van der Waals surface area contributed by atoms with Crippen molar-refractivity contribution in [2.75, 3.05) is 25.1 Å². The van der Waals surface area contributed by atoms with Gasteiger partial charge in [0, 0.05) is 24.5 Å². The topological polar surface area (TPSA) is 76.1 Å². The van der Waals surface area contributed by atoms with E-state index in [0.29, 0.717) is 19.2 Å². The van der Waals surface area contributed by atoms with Crippen LogP contribution in [0.25, 0.3) is 0 Å². The second-order valence-electron chi connectivity index (χ2n) is 6.69. The predicted octanol–water partition coefficient (Wildman–Crippen LogP) is 2.09. The van der Waals surface area contributed by atoms with Gasteiger partial charge in [-0.05, 0) is 25.7 Å². The fourth-order valence-electron chi connectivity index (χ4n) is 3.08. The summed E-state index contributed by atoms with van der Waals surface area (Å²) in [6.07, 6.45) is 10.1. The van der Waals surface area contributed by atoms with Crippen molar-refractivity contribution in [3.05, 3.63) is 18.0 Å². The van der Waals surface area contributed by atoms with Crippen molar-refractivity contribution in [1.29, 1.82) is 0 Å². The maximum atomic E-state index is 12.1. The summed E-state index contributed by atoms with van der Waals surface area (Å²) in [4.78, 5) is 20.8. The van der Waals surface area contributed by atoms with Gasteiger partial charge in [0.05, 0.1) is 25.2 Å². The highest BCUT2D eigenvalue weighted by Crippen LogP contribution is 2.23. The van der Waals surface area contributed by atoms with E-state index in [1.165, 1.54) is 32.1 Å². The lowest BCUT2D eigenvalue weighted by Gasteiger charge is -2.28. The average molecular weight is 318 g/mol. The molecule has 0 spiro atoms. The number of nitrogens with one attached hydrogen (secondary N) is 2. The van der Waals surface area contributed by atoms with E-state index >= 15 is 0 Å². The zero-order chi connectivity index (χ0) is 16.1. The van der Waals surface area contributed by atoms with Gasteiger partial charge in [0.1, 0.15) is 0 Å². The summed E-state index contributed by atoms with van der Waals surface area (Å²) >= 11 is 0. The summed E-state index contributed by atoms with van der Waals surface area (Å²) in [6, 6.07) is 0.155. The standard InChI is InChI=1S/C17H26N4O2/c1-12(16(22)21-15-10-23-11-15)14-8-19-17(20-9-14)18-7-13-5-3-2-4-6-13/h8-9,12-13,15H,2-7,10-11H2,1H3,(H,21,22)(H,18,19,20)/t12-/m0/s1. The largest absolute Gasteiger partial charge is 0.377 e. The Hall–Kier alpha value is -1.69. The molecule has 2 fully saturated rings. The summed E-state index contributed by atoms with van der Waals surface area (Å²) in [5.41, 5.74) is 0.839. The first-order chi connectivity index (χ1) is 11.2. The van der Waals surface area contributed by atoms with Gasteiger partial charge in [0.2, 0.25) is 11.9 Å². The smallest absolute Gasteiger partial charge is 0.227 e. The molecule has 2 aliphatic rings. The van der Waals surface area contributed by atoms with E-state index in [0.717, 1.165) is 18.0 Å². The molecule has 126 valence electrons. The summed E-state index contributed by atoms with van der Waals surface area (Å²) in [5, 5.41) is 6.28. The highest BCUT2D eigenvalue weighted by Gasteiger charge is 2.24. The average Bonchev–Trinajstić information content (AvgIpc) is 2.57. The van der Waals surface area contributed by atoms with Gasteiger partial charge in [-0.15, -0.1) is 0 Å². The minimum Gasteiger partial charge on any atom is -0.377 e. The first kappa shape index (κ1) is 16.2. The molecule has 1 aliphatic carbocycles. The summed E-state index contributed by atoms with van der Waals surface area (Å²) < 4.78 is 5.07. The molecule has 6 nitrogen and oxygen atoms in total. The normalized spacial score (nSPS) is 20.6. The monoisotopic (exact) mass is 318 g/mol. The molecule has 1 saturated heterocycles. The predicted molar refractivity (Wildman–Crippen MR) is 88.3 cm³/mol. The van der Waals surface area contributed by atoms with Crippen molar-refractivity contribution in [1.82, 2.24) is 15.3 Å². The highest BCUT2D eigenvalue weighted by atomic mass is 16.5. The Balaban J connectivity index is 1.48. The first-order valence-corrected chi connectivity index (χ1v) is 8.66. The van der Waals surface area contributed by atoms with Crippen LogP contribution in [0.15, 0.2) is 12.4 Å². The fraction of sp³-hybridized carbons (Fsp3) is 0.706. The second-order valence-corrected chi connectivity index (χ2v) is 6.69. The molecular formula is C17H26N4O2. The van der Waals surface area contributed by atoms with E-state index in [-0.39, 0.29) is 17.9 Å². The van der Waals surface area contributed by atoms with Crippen LogP contribution < -0.4 is 10.6 Å². The number of rotatable bonds is 6. The molecule has 1 atom stereocenters. The molecule has 1 amide bonds. The van der Waals surface area contributed by atoms with E-state index in [1.807, 2.05) is 6.92 Å². The van der Waals surface area contributed by atoms with Crippen molar-refractivity contribution in [2.24, 2.45) is 5.92 Å². The lowest BCUT2D eigenvalue weighted by molar-refractivity contribution is -0.126. The molecule has 1 aromatic heterocycles. The molecule has 1 aromatic rings. The number of ether oxygens (including phenoxy) is 1. The van der Waals surface area contributed by atoms with Crippen LogP contribution in [0, 0.1) is 5.92 Å². The van der Waals surface area contributed by atoms with Crippen LogP contribution in [-0.2, 0) is 9.53 Å². The van der Waals surface area contributed by atoms with Crippen molar-refractivity contribution in [3.63, 3.8) is 0 Å². The van der Waals surface area contributed by atoms with E-state index in [2.05, 4.69) is 20.6 Å². The summed E-state index contributed by atoms with van der Waals surface area (Å²) in [5.74, 6) is 1.15. The van der Waals surface area contributed by atoms with E-state index < -0.39 is 0 Å². The number of nitrogens with zero attached hydrogens (tertiary/aromatic N) is 2.